The Bertz CT molecular complexity index is 1530. The van der Waals surface area contributed by atoms with Crippen molar-refractivity contribution in [2.75, 3.05) is 11.5 Å². The number of fused-ring (bicyclic) bond motifs is 6. The molecule has 2 amide bonds. The summed E-state index contributed by atoms with van der Waals surface area (Å²) in [5.41, 5.74) is -1.62. The average Bonchev–Trinajstić information content (AvgIpc) is 3.58. The van der Waals surface area contributed by atoms with E-state index in [1.165, 1.54) is 0 Å². The van der Waals surface area contributed by atoms with Crippen LogP contribution in [0.15, 0.2) is 47.0 Å². The Balaban J connectivity index is 1.34. The van der Waals surface area contributed by atoms with Crippen LogP contribution in [0.5, 0.6) is 5.88 Å². The molecule has 188 valence electrons. The Morgan fingerprint density at radius 3 is 2.65 bits per heavy atom. The number of nitrogens with zero attached hydrogens (tertiary/aromatic N) is 3. The summed E-state index contributed by atoms with van der Waals surface area (Å²) in [7, 11) is 0. The first kappa shape index (κ1) is 23.1. The van der Waals surface area contributed by atoms with Crippen molar-refractivity contribution in [3.05, 3.63) is 53.8 Å². The summed E-state index contributed by atoms with van der Waals surface area (Å²) < 4.78 is 16.5. The molecule has 0 saturated carbocycles. The van der Waals surface area contributed by atoms with Crippen LogP contribution in [0.4, 0.5) is 5.69 Å². The van der Waals surface area contributed by atoms with E-state index >= 15 is 0 Å². The van der Waals surface area contributed by atoms with E-state index in [9.17, 15) is 24.8 Å². The molecular weight excluding hydrogens is 482 g/mol. The Morgan fingerprint density at radius 2 is 1.95 bits per heavy atom. The predicted octanol–water partition coefficient (Wildman–Crippen LogP) is 2.26. The van der Waals surface area contributed by atoms with Gasteiger partial charge in [0.1, 0.15) is 5.60 Å². The molecule has 4 heterocycles. The molecular formula is C26H21N3O8. The number of carbonyl (C=O) groups excluding carboxylic acids is 2. The van der Waals surface area contributed by atoms with E-state index in [0.29, 0.717) is 22.0 Å². The minimum atomic E-state index is -1.29. The van der Waals surface area contributed by atoms with Crippen LogP contribution in [0.1, 0.15) is 35.9 Å². The number of aliphatic hydroxyl groups excluding tert-OH is 1. The highest BCUT2D eigenvalue weighted by molar-refractivity contribution is 6.26. The van der Waals surface area contributed by atoms with Crippen molar-refractivity contribution in [1.82, 2.24) is 5.16 Å². The standard InChI is InChI=1S/C26H21N3O8/c1-25-18(30)11-26(37-25,8-9-35-19-10-17(24(33)34)36-28-19)21-20(25)22(31)29(23(21)32)16-7-6-13(12-27)14-4-2-3-5-15(14)16/h2-7,10,18,20-21,30H,8-9,11H2,1H3,(H,33,34). The van der Waals surface area contributed by atoms with E-state index in [0.717, 1.165) is 11.0 Å². The number of benzene rings is 2. The lowest BCUT2D eigenvalue weighted by Crippen LogP contribution is -2.49. The molecule has 3 saturated heterocycles. The summed E-state index contributed by atoms with van der Waals surface area (Å²) in [6.07, 6.45) is -0.695. The minimum absolute atomic E-state index is 0.0150. The average molecular weight is 503 g/mol. The van der Waals surface area contributed by atoms with Gasteiger partial charge in [-0.3, -0.25) is 9.59 Å². The van der Waals surface area contributed by atoms with Gasteiger partial charge < -0.3 is 24.2 Å². The van der Waals surface area contributed by atoms with Crippen molar-refractivity contribution in [3.8, 4) is 11.9 Å². The number of carbonyl (C=O) groups is 3. The van der Waals surface area contributed by atoms with Gasteiger partial charge in [0, 0.05) is 23.6 Å². The fourth-order valence-electron chi connectivity index (χ4n) is 6.19. The number of aliphatic hydroxyl groups is 1. The quantitative estimate of drug-likeness (QED) is 0.477. The highest BCUT2D eigenvalue weighted by Crippen LogP contribution is 2.62. The molecule has 37 heavy (non-hydrogen) atoms. The van der Waals surface area contributed by atoms with Gasteiger partial charge in [0.15, 0.2) is 0 Å². The van der Waals surface area contributed by atoms with E-state index in [-0.39, 0.29) is 31.1 Å². The van der Waals surface area contributed by atoms with E-state index in [2.05, 4.69) is 15.7 Å². The van der Waals surface area contributed by atoms with Crippen LogP contribution in [-0.4, -0.2) is 57.1 Å². The molecule has 3 aromatic rings. The number of anilines is 1. The summed E-state index contributed by atoms with van der Waals surface area (Å²) in [6.45, 7) is 1.63. The zero-order valence-corrected chi connectivity index (χ0v) is 19.6. The molecule has 3 aliphatic rings. The SMILES string of the molecule is CC12OC(CCOc3cc(C(=O)O)on3)(CC1O)C1C(=O)N(c3ccc(C#N)c4ccccc34)C(=O)C12. The highest BCUT2D eigenvalue weighted by Gasteiger charge is 2.77. The first-order chi connectivity index (χ1) is 17.7. The first-order valence-corrected chi connectivity index (χ1v) is 11.7. The molecule has 2 N–H and O–H groups in total. The molecule has 3 fully saturated rings. The first-order valence-electron chi connectivity index (χ1n) is 11.7. The van der Waals surface area contributed by atoms with Gasteiger partial charge in [-0.25, -0.2) is 9.69 Å². The maximum absolute atomic E-state index is 13.9. The topological polar surface area (TPSA) is 163 Å². The Labute approximate surface area is 209 Å². The molecule has 11 nitrogen and oxygen atoms in total. The van der Waals surface area contributed by atoms with Crippen molar-refractivity contribution in [2.45, 2.75) is 37.1 Å². The fraction of sp³-hybridized carbons (Fsp3) is 0.346. The number of hydrogen-bond donors (Lipinski definition) is 2. The lowest BCUT2D eigenvalue weighted by molar-refractivity contribution is -0.134. The second-order valence-electron chi connectivity index (χ2n) is 9.76. The van der Waals surface area contributed by atoms with E-state index in [1.54, 1.807) is 43.3 Å². The predicted molar refractivity (Wildman–Crippen MR) is 125 cm³/mol. The molecule has 0 radical (unpaired) electrons. The van der Waals surface area contributed by atoms with Gasteiger partial charge >= 0.3 is 5.97 Å². The number of carboxylic acid groups (broad SMARTS) is 1. The number of rotatable bonds is 6. The summed E-state index contributed by atoms with van der Waals surface area (Å²) >= 11 is 0. The Hall–Kier alpha value is -4.27. The van der Waals surface area contributed by atoms with Gasteiger partial charge in [-0.05, 0) is 24.2 Å². The highest BCUT2D eigenvalue weighted by atomic mass is 16.6. The Morgan fingerprint density at radius 1 is 1.22 bits per heavy atom. The lowest BCUT2D eigenvalue weighted by atomic mass is 9.66. The second-order valence-corrected chi connectivity index (χ2v) is 9.76. The van der Waals surface area contributed by atoms with E-state index in [1.807, 2.05) is 0 Å². The zero-order chi connectivity index (χ0) is 26.1. The number of aromatic nitrogens is 1. The number of aromatic carboxylic acids is 1. The number of imide groups is 1. The van der Waals surface area contributed by atoms with Crippen LogP contribution in [0.25, 0.3) is 10.8 Å². The van der Waals surface area contributed by atoms with Crippen LogP contribution in [0, 0.1) is 23.2 Å². The molecule has 0 spiro atoms. The molecule has 0 aliphatic carbocycles. The summed E-state index contributed by atoms with van der Waals surface area (Å²) in [6, 6.07) is 13.5. The van der Waals surface area contributed by atoms with Crippen LogP contribution in [0.3, 0.4) is 0 Å². The smallest absolute Gasteiger partial charge is 0.374 e. The lowest BCUT2D eigenvalue weighted by Gasteiger charge is -2.33. The normalized spacial score (nSPS) is 30.1. The number of nitriles is 1. The van der Waals surface area contributed by atoms with Gasteiger partial charge in [0.05, 0.1) is 53.5 Å². The number of carboxylic acids is 1. The van der Waals surface area contributed by atoms with E-state index < -0.39 is 46.9 Å². The van der Waals surface area contributed by atoms with Crippen molar-refractivity contribution < 1.29 is 38.6 Å². The maximum Gasteiger partial charge on any atom is 0.374 e. The van der Waals surface area contributed by atoms with Gasteiger partial charge in [-0.1, -0.05) is 24.3 Å². The third kappa shape index (κ3) is 3.13. The monoisotopic (exact) mass is 503 g/mol. The van der Waals surface area contributed by atoms with Gasteiger partial charge in [0.2, 0.25) is 17.6 Å². The van der Waals surface area contributed by atoms with E-state index in [4.69, 9.17) is 14.6 Å². The molecule has 11 heteroatoms. The molecule has 3 aliphatic heterocycles. The molecule has 1 aromatic heterocycles. The summed E-state index contributed by atoms with van der Waals surface area (Å²) in [5, 5.41) is 34.2. The molecule has 6 rings (SSSR count). The summed E-state index contributed by atoms with van der Waals surface area (Å²) in [5.74, 6) is -4.35. The summed E-state index contributed by atoms with van der Waals surface area (Å²) in [4.78, 5) is 39.8. The molecule has 2 bridgehead atoms. The number of ether oxygens (including phenoxy) is 2. The van der Waals surface area contributed by atoms with Crippen molar-refractivity contribution in [3.63, 3.8) is 0 Å². The van der Waals surface area contributed by atoms with Crippen molar-refractivity contribution in [2.24, 2.45) is 11.8 Å². The zero-order valence-electron chi connectivity index (χ0n) is 19.6. The number of amides is 2. The minimum Gasteiger partial charge on any atom is -0.475 e. The van der Waals surface area contributed by atoms with Gasteiger partial charge in [-0.2, -0.15) is 5.26 Å². The van der Waals surface area contributed by atoms with Crippen LogP contribution in [0.2, 0.25) is 0 Å². The number of hydrogen-bond acceptors (Lipinski definition) is 9. The maximum atomic E-state index is 13.9. The van der Waals surface area contributed by atoms with Crippen molar-refractivity contribution >= 4 is 34.2 Å². The fourth-order valence-corrected chi connectivity index (χ4v) is 6.19. The largest absolute Gasteiger partial charge is 0.475 e. The third-order valence-corrected chi connectivity index (χ3v) is 7.85. The van der Waals surface area contributed by atoms with Crippen LogP contribution in [-0.2, 0) is 14.3 Å². The van der Waals surface area contributed by atoms with Crippen LogP contribution >= 0.6 is 0 Å². The Kier molecular flexibility index (Phi) is 4.92. The van der Waals surface area contributed by atoms with Crippen molar-refractivity contribution in [1.29, 1.82) is 5.26 Å². The van der Waals surface area contributed by atoms with Gasteiger partial charge in [0.25, 0.3) is 5.88 Å². The molecule has 2 aromatic carbocycles. The molecule has 5 unspecified atom stereocenters. The third-order valence-electron chi connectivity index (χ3n) is 7.85. The van der Waals surface area contributed by atoms with Crippen LogP contribution < -0.4 is 9.64 Å². The van der Waals surface area contributed by atoms with Gasteiger partial charge in [-0.15, -0.1) is 0 Å². The second kappa shape index (κ2) is 7.86. The molecule has 5 atom stereocenters.